The number of nitrogens with one attached hydrogen (secondary N) is 1. The van der Waals surface area contributed by atoms with Gasteiger partial charge in [-0.25, -0.2) is 0 Å². The third kappa shape index (κ3) is 3.99. The maximum atomic E-state index is 12.2. The van der Waals surface area contributed by atoms with Gasteiger partial charge >= 0.3 is 0 Å². The van der Waals surface area contributed by atoms with Gasteiger partial charge in [-0.2, -0.15) is 0 Å². The number of rotatable bonds is 7. The molecule has 0 saturated carbocycles. The molecule has 0 bridgehead atoms. The average Bonchev–Trinajstić information content (AvgIpc) is 3.04. The van der Waals surface area contributed by atoms with E-state index in [9.17, 15) is 4.79 Å². The van der Waals surface area contributed by atoms with E-state index in [1.54, 1.807) is 14.2 Å². The highest BCUT2D eigenvalue weighted by Gasteiger charge is 2.07. The minimum Gasteiger partial charge on any atom is -0.493 e. The number of benzene rings is 2. The molecule has 1 aromatic heterocycles. The molecule has 1 heterocycles. The molecular formula is C21H24N2O3. The first kappa shape index (κ1) is 17.9. The molecule has 0 radical (unpaired) electrons. The van der Waals surface area contributed by atoms with Crippen LogP contribution < -0.4 is 14.8 Å². The van der Waals surface area contributed by atoms with E-state index >= 15 is 0 Å². The van der Waals surface area contributed by atoms with E-state index in [0.29, 0.717) is 24.5 Å². The number of ether oxygens (including phenoxy) is 2. The minimum atomic E-state index is 0.0351. The number of methoxy groups -OCH3 is 2. The Morgan fingerprint density at radius 1 is 1.00 bits per heavy atom. The van der Waals surface area contributed by atoms with E-state index in [4.69, 9.17) is 9.47 Å². The summed E-state index contributed by atoms with van der Waals surface area (Å²) >= 11 is 0. The number of aromatic nitrogens is 1. The second-order valence-electron chi connectivity index (χ2n) is 6.29. The molecule has 0 aliphatic heterocycles. The van der Waals surface area contributed by atoms with E-state index in [-0.39, 0.29) is 5.91 Å². The number of aryl methyl sites for hydroxylation is 2. The van der Waals surface area contributed by atoms with Crippen LogP contribution >= 0.6 is 0 Å². The van der Waals surface area contributed by atoms with Crippen LogP contribution in [0.25, 0.3) is 10.9 Å². The number of amides is 1. The van der Waals surface area contributed by atoms with Gasteiger partial charge in [0.15, 0.2) is 11.5 Å². The van der Waals surface area contributed by atoms with Gasteiger partial charge in [0.05, 0.1) is 14.2 Å². The highest BCUT2D eigenvalue weighted by atomic mass is 16.5. The van der Waals surface area contributed by atoms with Crippen LogP contribution in [0, 0.1) is 0 Å². The molecule has 1 N–H and O–H groups in total. The fourth-order valence-electron chi connectivity index (χ4n) is 3.02. The molecule has 0 atom stereocenters. The lowest BCUT2D eigenvalue weighted by Crippen LogP contribution is -2.23. The lowest BCUT2D eigenvalue weighted by Gasteiger charge is -2.10. The van der Waals surface area contributed by atoms with Crippen molar-refractivity contribution in [3.05, 3.63) is 59.8 Å². The molecule has 5 heteroatoms. The van der Waals surface area contributed by atoms with Crippen molar-refractivity contribution in [1.29, 1.82) is 0 Å². The van der Waals surface area contributed by atoms with Crippen LogP contribution in [0.15, 0.2) is 48.7 Å². The number of fused-ring (bicyclic) bond motifs is 1. The predicted molar refractivity (Wildman–Crippen MR) is 103 cm³/mol. The standard InChI is InChI=1S/C21H24N2O3/c1-23-11-10-17-12-15(4-7-18(17)23)6-9-21(24)22-14-16-5-8-19(25-2)20(13-16)26-3/h4-5,7-8,10-13H,6,9,14H2,1-3H3,(H,22,24). The maximum Gasteiger partial charge on any atom is 0.220 e. The summed E-state index contributed by atoms with van der Waals surface area (Å²) in [4.78, 5) is 12.2. The fourth-order valence-corrected chi connectivity index (χ4v) is 3.02. The Hall–Kier alpha value is -2.95. The summed E-state index contributed by atoms with van der Waals surface area (Å²) in [6, 6.07) is 14.1. The topological polar surface area (TPSA) is 52.5 Å². The van der Waals surface area contributed by atoms with Gasteiger partial charge in [0.2, 0.25) is 5.91 Å². The van der Waals surface area contributed by atoms with Crippen LogP contribution in [-0.4, -0.2) is 24.7 Å². The van der Waals surface area contributed by atoms with E-state index in [1.807, 2.05) is 31.4 Å². The van der Waals surface area contributed by atoms with Gasteiger partial charge in [-0.3, -0.25) is 4.79 Å². The Labute approximate surface area is 153 Å². The molecule has 0 saturated heterocycles. The third-order valence-corrected chi connectivity index (χ3v) is 4.53. The summed E-state index contributed by atoms with van der Waals surface area (Å²) in [5, 5.41) is 4.16. The third-order valence-electron chi connectivity index (χ3n) is 4.53. The summed E-state index contributed by atoms with van der Waals surface area (Å²) in [5.41, 5.74) is 3.35. The van der Waals surface area contributed by atoms with Crippen molar-refractivity contribution in [2.24, 2.45) is 7.05 Å². The van der Waals surface area contributed by atoms with Crippen LogP contribution in [0.5, 0.6) is 11.5 Å². The Bertz CT molecular complexity index is 915. The SMILES string of the molecule is COc1ccc(CNC(=O)CCc2ccc3c(ccn3C)c2)cc1OC. The van der Waals surface area contributed by atoms with Crippen LogP contribution in [0.1, 0.15) is 17.5 Å². The molecule has 3 aromatic rings. The highest BCUT2D eigenvalue weighted by molar-refractivity contribution is 5.81. The molecule has 1 amide bonds. The molecule has 0 aliphatic carbocycles. The van der Waals surface area contributed by atoms with Crippen molar-refractivity contribution in [3.8, 4) is 11.5 Å². The largest absolute Gasteiger partial charge is 0.493 e. The normalized spacial score (nSPS) is 10.7. The van der Waals surface area contributed by atoms with Crippen LogP contribution in [0.4, 0.5) is 0 Å². The molecular weight excluding hydrogens is 328 g/mol. The molecule has 0 spiro atoms. The monoisotopic (exact) mass is 352 g/mol. The Morgan fingerprint density at radius 3 is 2.54 bits per heavy atom. The number of carbonyl (C=O) groups is 1. The van der Waals surface area contributed by atoms with Crippen LogP contribution in [-0.2, 0) is 24.8 Å². The van der Waals surface area contributed by atoms with Crippen molar-refractivity contribution in [1.82, 2.24) is 9.88 Å². The number of hydrogen-bond acceptors (Lipinski definition) is 3. The molecule has 0 unspecified atom stereocenters. The number of nitrogens with zero attached hydrogens (tertiary/aromatic N) is 1. The predicted octanol–water partition coefficient (Wildman–Crippen LogP) is 3.44. The van der Waals surface area contributed by atoms with Crippen molar-refractivity contribution >= 4 is 16.8 Å². The van der Waals surface area contributed by atoms with E-state index in [1.165, 1.54) is 16.5 Å². The molecule has 3 rings (SSSR count). The minimum absolute atomic E-state index is 0.0351. The quantitative estimate of drug-likeness (QED) is 0.709. The van der Waals surface area contributed by atoms with E-state index < -0.39 is 0 Å². The molecule has 136 valence electrons. The average molecular weight is 352 g/mol. The Kier molecular flexibility index (Phi) is 5.46. The Balaban J connectivity index is 1.53. The first-order valence-electron chi connectivity index (χ1n) is 8.62. The van der Waals surface area contributed by atoms with E-state index in [0.717, 1.165) is 12.0 Å². The zero-order chi connectivity index (χ0) is 18.5. The first-order valence-corrected chi connectivity index (χ1v) is 8.62. The second kappa shape index (κ2) is 7.95. The second-order valence-corrected chi connectivity index (χ2v) is 6.29. The van der Waals surface area contributed by atoms with Crippen molar-refractivity contribution in [2.45, 2.75) is 19.4 Å². The maximum absolute atomic E-state index is 12.2. The lowest BCUT2D eigenvalue weighted by atomic mass is 10.1. The van der Waals surface area contributed by atoms with Crippen molar-refractivity contribution < 1.29 is 14.3 Å². The summed E-state index contributed by atoms with van der Waals surface area (Å²) < 4.78 is 12.6. The van der Waals surface area contributed by atoms with Crippen LogP contribution in [0.3, 0.4) is 0 Å². The number of carbonyl (C=O) groups excluding carboxylic acids is 1. The molecule has 5 nitrogen and oxygen atoms in total. The fraction of sp³-hybridized carbons (Fsp3) is 0.286. The molecule has 26 heavy (non-hydrogen) atoms. The zero-order valence-corrected chi connectivity index (χ0v) is 15.4. The lowest BCUT2D eigenvalue weighted by molar-refractivity contribution is -0.121. The first-order chi connectivity index (χ1) is 12.6. The van der Waals surface area contributed by atoms with Gasteiger partial charge in [-0.05, 0) is 53.3 Å². The van der Waals surface area contributed by atoms with Gasteiger partial charge < -0.3 is 19.4 Å². The molecule has 2 aromatic carbocycles. The highest BCUT2D eigenvalue weighted by Crippen LogP contribution is 2.27. The van der Waals surface area contributed by atoms with Crippen LogP contribution in [0.2, 0.25) is 0 Å². The van der Waals surface area contributed by atoms with E-state index in [2.05, 4.69) is 34.1 Å². The van der Waals surface area contributed by atoms with Gasteiger partial charge in [-0.1, -0.05) is 12.1 Å². The smallest absolute Gasteiger partial charge is 0.220 e. The van der Waals surface area contributed by atoms with Gasteiger partial charge in [0.1, 0.15) is 0 Å². The summed E-state index contributed by atoms with van der Waals surface area (Å²) in [5.74, 6) is 1.38. The van der Waals surface area contributed by atoms with Crippen molar-refractivity contribution in [3.63, 3.8) is 0 Å². The molecule has 0 aliphatic rings. The van der Waals surface area contributed by atoms with Crippen molar-refractivity contribution in [2.75, 3.05) is 14.2 Å². The van der Waals surface area contributed by atoms with Gasteiger partial charge in [0.25, 0.3) is 0 Å². The summed E-state index contributed by atoms with van der Waals surface area (Å²) in [6.07, 6.45) is 3.23. The zero-order valence-electron chi connectivity index (χ0n) is 15.4. The van der Waals surface area contributed by atoms with Gasteiger partial charge in [-0.15, -0.1) is 0 Å². The summed E-state index contributed by atoms with van der Waals surface area (Å²) in [7, 11) is 5.24. The summed E-state index contributed by atoms with van der Waals surface area (Å²) in [6.45, 7) is 0.469. The number of hydrogen-bond donors (Lipinski definition) is 1. The van der Waals surface area contributed by atoms with Gasteiger partial charge in [0, 0.05) is 31.7 Å². The Morgan fingerprint density at radius 2 is 1.77 bits per heavy atom. The molecule has 0 fully saturated rings.